The molecule has 0 aromatic carbocycles. The lowest BCUT2D eigenvalue weighted by molar-refractivity contribution is -0.139. The van der Waals surface area contributed by atoms with Crippen LogP contribution in [0.4, 0.5) is 0 Å². The first-order chi connectivity index (χ1) is 11.9. The number of hydrogen-bond acceptors (Lipinski definition) is 4. The van der Waals surface area contributed by atoms with Gasteiger partial charge in [0.1, 0.15) is 23.7 Å². The van der Waals surface area contributed by atoms with Crippen LogP contribution < -0.4 is 0 Å². The van der Waals surface area contributed by atoms with Gasteiger partial charge in [0, 0.05) is 25.0 Å². The van der Waals surface area contributed by atoms with E-state index >= 15 is 0 Å². The van der Waals surface area contributed by atoms with Crippen LogP contribution in [0.3, 0.4) is 0 Å². The van der Waals surface area contributed by atoms with Gasteiger partial charge in [-0.05, 0) is 57.4 Å². The number of aryl methyl sites for hydroxylation is 1. The molecule has 3 heterocycles. The SMILES string of the molecule is C=C(C)[C@@H]1CCC2=C[C@H](C/C(C)=C\c3cc(C)c(o3)[C@@H]1OC)OC2=O. The van der Waals surface area contributed by atoms with E-state index in [0.717, 1.165) is 40.2 Å². The molecule has 3 rings (SSSR count). The molecule has 25 heavy (non-hydrogen) atoms. The lowest BCUT2D eigenvalue weighted by Crippen LogP contribution is -2.17. The molecular weight excluding hydrogens is 316 g/mol. The normalized spacial score (nSPS) is 28.8. The summed E-state index contributed by atoms with van der Waals surface area (Å²) < 4.78 is 17.4. The van der Waals surface area contributed by atoms with Gasteiger partial charge in [-0.1, -0.05) is 17.7 Å². The summed E-state index contributed by atoms with van der Waals surface area (Å²) in [5.41, 5.74) is 3.97. The molecule has 0 radical (unpaired) electrons. The third-order valence-electron chi connectivity index (χ3n) is 5.03. The Kier molecular flexibility index (Phi) is 5.00. The minimum Gasteiger partial charge on any atom is -0.459 e. The molecule has 4 nitrogen and oxygen atoms in total. The minimum absolute atomic E-state index is 0.0706. The molecule has 2 aliphatic rings. The van der Waals surface area contributed by atoms with Gasteiger partial charge in [0.05, 0.1) is 0 Å². The quantitative estimate of drug-likeness (QED) is 0.566. The van der Waals surface area contributed by atoms with Crippen molar-refractivity contribution >= 4 is 12.0 Å². The van der Waals surface area contributed by atoms with Crippen LogP contribution in [0.1, 0.15) is 56.3 Å². The van der Waals surface area contributed by atoms with Crippen molar-refractivity contribution in [2.75, 3.05) is 7.11 Å². The molecule has 4 heteroatoms. The number of furan rings is 1. The summed E-state index contributed by atoms with van der Waals surface area (Å²) >= 11 is 0. The molecule has 0 saturated carbocycles. The molecule has 134 valence electrons. The van der Waals surface area contributed by atoms with E-state index in [0.29, 0.717) is 12.8 Å². The fourth-order valence-electron chi connectivity index (χ4n) is 3.74. The Morgan fingerprint density at radius 3 is 2.80 bits per heavy atom. The van der Waals surface area contributed by atoms with E-state index < -0.39 is 0 Å². The van der Waals surface area contributed by atoms with E-state index in [1.165, 1.54) is 0 Å². The first-order valence-corrected chi connectivity index (χ1v) is 8.76. The van der Waals surface area contributed by atoms with Crippen molar-refractivity contribution in [2.45, 2.75) is 52.2 Å². The van der Waals surface area contributed by atoms with Crippen molar-refractivity contribution in [3.63, 3.8) is 0 Å². The maximum absolute atomic E-state index is 12.1. The number of fused-ring (bicyclic) bond motifs is 3. The first-order valence-electron chi connectivity index (χ1n) is 8.76. The molecular formula is C21H26O4. The van der Waals surface area contributed by atoms with Crippen LogP contribution in [0.2, 0.25) is 0 Å². The summed E-state index contributed by atoms with van der Waals surface area (Å²) in [5, 5.41) is 0. The lowest BCUT2D eigenvalue weighted by Gasteiger charge is -2.25. The lowest BCUT2D eigenvalue weighted by atomic mass is 9.86. The Labute approximate surface area is 149 Å². The van der Waals surface area contributed by atoms with Gasteiger partial charge in [-0.15, -0.1) is 0 Å². The predicted octanol–water partition coefficient (Wildman–Crippen LogP) is 4.91. The Bertz CT molecular complexity index is 750. The Morgan fingerprint density at radius 1 is 1.36 bits per heavy atom. The van der Waals surface area contributed by atoms with Crippen LogP contribution in [-0.2, 0) is 14.3 Å². The zero-order chi connectivity index (χ0) is 18.1. The van der Waals surface area contributed by atoms with Crippen molar-refractivity contribution < 1.29 is 18.7 Å². The summed E-state index contributed by atoms with van der Waals surface area (Å²) in [5.74, 6) is 1.52. The highest BCUT2D eigenvalue weighted by Crippen LogP contribution is 2.38. The molecule has 4 bridgehead atoms. The highest BCUT2D eigenvalue weighted by Gasteiger charge is 2.31. The highest BCUT2D eigenvalue weighted by molar-refractivity contribution is 5.90. The highest BCUT2D eigenvalue weighted by atomic mass is 16.5. The van der Waals surface area contributed by atoms with E-state index in [-0.39, 0.29) is 24.1 Å². The fraction of sp³-hybridized carbons (Fsp3) is 0.476. The maximum Gasteiger partial charge on any atom is 0.334 e. The molecule has 0 spiro atoms. The number of esters is 1. The number of carbonyl (C=O) groups excluding carboxylic acids is 1. The minimum atomic E-state index is -0.213. The van der Waals surface area contributed by atoms with Gasteiger partial charge >= 0.3 is 5.97 Å². The summed E-state index contributed by atoms with van der Waals surface area (Å²) in [4.78, 5) is 12.1. The van der Waals surface area contributed by atoms with E-state index in [2.05, 4.69) is 6.58 Å². The van der Waals surface area contributed by atoms with Gasteiger partial charge in [0.2, 0.25) is 0 Å². The number of hydrogen-bond donors (Lipinski definition) is 0. The second-order valence-electron chi connectivity index (χ2n) is 7.17. The molecule has 0 amide bonds. The van der Waals surface area contributed by atoms with E-state index in [1.54, 1.807) is 7.11 Å². The standard InChI is InChI=1S/C21H26O4/c1-12(2)18-7-6-15-11-17(25-21(15)22)9-13(3)8-16-10-14(4)19(24-16)20(18)23-5/h8,10-11,17-18,20H,1,6-7,9H2,2-5H3/b13-8-/t17-,18-,20+/m0/s1. The van der Waals surface area contributed by atoms with Crippen LogP contribution in [0, 0.1) is 12.8 Å². The molecule has 1 aromatic heterocycles. The molecule has 2 aliphatic heterocycles. The van der Waals surface area contributed by atoms with Crippen LogP contribution in [0.25, 0.3) is 6.08 Å². The van der Waals surface area contributed by atoms with Gasteiger partial charge < -0.3 is 13.9 Å². The molecule has 1 aromatic rings. The zero-order valence-corrected chi connectivity index (χ0v) is 15.4. The Morgan fingerprint density at radius 2 is 2.12 bits per heavy atom. The third-order valence-corrected chi connectivity index (χ3v) is 5.03. The van der Waals surface area contributed by atoms with Crippen molar-refractivity contribution in [1.82, 2.24) is 0 Å². The third kappa shape index (κ3) is 3.64. The molecule has 0 N–H and O–H groups in total. The number of methoxy groups -OCH3 is 1. The summed E-state index contributed by atoms with van der Waals surface area (Å²) in [6, 6.07) is 2.04. The number of carbonyl (C=O) groups is 1. The van der Waals surface area contributed by atoms with Crippen LogP contribution >= 0.6 is 0 Å². The van der Waals surface area contributed by atoms with E-state index in [4.69, 9.17) is 13.9 Å². The molecule has 3 atom stereocenters. The summed E-state index contributed by atoms with van der Waals surface area (Å²) in [7, 11) is 1.69. The summed E-state index contributed by atoms with van der Waals surface area (Å²) in [6.07, 6.45) is 5.68. The van der Waals surface area contributed by atoms with E-state index in [9.17, 15) is 4.79 Å². The van der Waals surface area contributed by atoms with Crippen LogP contribution in [0.5, 0.6) is 0 Å². The molecule has 0 unspecified atom stereocenters. The first kappa shape index (κ1) is 17.7. The predicted molar refractivity (Wildman–Crippen MR) is 97.0 cm³/mol. The Hall–Kier alpha value is -2.07. The number of ether oxygens (including phenoxy) is 2. The molecule has 0 fully saturated rings. The van der Waals surface area contributed by atoms with Crippen LogP contribution in [-0.4, -0.2) is 19.2 Å². The number of rotatable bonds is 2. The Balaban J connectivity index is 2.05. The maximum atomic E-state index is 12.1. The van der Waals surface area contributed by atoms with Crippen molar-refractivity contribution in [2.24, 2.45) is 5.92 Å². The van der Waals surface area contributed by atoms with Crippen molar-refractivity contribution in [3.05, 3.63) is 52.5 Å². The topological polar surface area (TPSA) is 48.7 Å². The van der Waals surface area contributed by atoms with Crippen LogP contribution in [0.15, 0.2) is 39.9 Å². The van der Waals surface area contributed by atoms with Gasteiger partial charge in [0.25, 0.3) is 0 Å². The molecule has 0 saturated heterocycles. The second kappa shape index (κ2) is 7.04. The van der Waals surface area contributed by atoms with Gasteiger partial charge in [-0.3, -0.25) is 0 Å². The zero-order valence-electron chi connectivity index (χ0n) is 15.4. The molecule has 0 aliphatic carbocycles. The summed E-state index contributed by atoms with van der Waals surface area (Å²) in [6.45, 7) is 10.2. The van der Waals surface area contributed by atoms with Gasteiger partial charge in [-0.25, -0.2) is 4.79 Å². The monoisotopic (exact) mass is 342 g/mol. The van der Waals surface area contributed by atoms with Gasteiger partial charge in [0.15, 0.2) is 0 Å². The smallest absolute Gasteiger partial charge is 0.334 e. The average molecular weight is 342 g/mol. The van der Waals surface area contributed by atoms with Crippen molar-refractivity contribution in [1.29, 1.82) is 0 Å². The largest absolute Gasteiger partial charge is 0.459 e. The van der Waals surface area contributed by atoms with E-state index in [1.807, 2.05) is 39.0 Å². The average Bonchev–Trinajstić information content (AvgIpc) is 3.05. The van der Waals surface area contributed by atoms with Crippen molar-refractivity contribution in [3.8, 4) is 0 Å². The fourth-order valence-corrected chi connectivity index (χ4v) is 3.74. The van der Waals surface area contributed by atoms with Gasteiger partial charge in [-0.2, -0.15) is 0 Å². The second-order valence-corrected chi connectivity index (χ2v) is 7.17.